The van der Waals surface area contributed by atoms with Crippen molar-refractivity contribution in [2.45, 2.75) is 283 Å². The van der Waals surface area contributed by atoms with E-state index in [4.69, 9.17) is 42.4 Å². The molecular weight excluding hydrogens is 1390 g/mol. The summed E-state index contributed by atoms with van der Waals surface area (Å²) in [5, 5.41) is 33.5. The van der Waals surface area contributed by atoms with Crippen LogP contribution in [0.3, 0.4) is 0 Å². The van der Waals surface area contributed by atoms with Gasteiger partial charge in [-0.1, -0.05) is 114 Å². The lowest BCUT2D eigenvalue weighted by molar-refractivity contribution is -0.0467. The Bertz CT molecular complexity index is 3610. The number of hydrogen-bond acceptors (Lipinski definition) is 21. The number of nitrogens with one attached hydrogen (secondary N) is 2. The van der Waals surface area contributed by atoms with E-state index in [1.807, 2.05) is 40.3 Å². The maximum atomic E-state index is 13.0. The molecule has 29 heteroatoms. The average Bonchev–Trinajstić information content (AvgIpc) is 1.60. The Hall–Kier alpha value is -5.69. The van der Waals surface area contributed by atoms with Crippen LogP contribution in [0.1, 0.15) is 207 Å². The van der Waals surface area contributed by atoms with Gasteiger partial charge in [0.2, 0.25) is 0 Å². The lowest BCUT2D eigenvalue weighted by Crippen LogP contribution is -2.46. The molecule has 0 saturated carbocycles. The van der Waals surface area contributed by atoms with Crippen LogP contribution in [0.15, 0.2) is 86.0 Å². The van der Waals surface area contributed by atoms with Crippen molar-refractivity contribution in [1.82, 2.24) is 53.0 Å². The molecular formula is C75H127N15O10P2Si2. The van der Waals surface area contributed by atoms with Crippen molar-refractivity contribution in [1.29, 1.82) is 10.5 Å². The molecule has 2 aliphatic heterocycles. The summed E-state index contributed by atoms with van der Waals surface area (Å²) >= 11 is 0. The molecule has 580 valence electrons. The molecule has 0 aliphatic carbocycles. The lowest BCUT2D eigenvalue weighted by Gasteiger charge is -2.45. The first-order valence-corrected chi connectivity index (χ1v) is 43.5. The molecule has 0 spiro atoms. The summed E-state index contributed by atoms with van der Waals surface area (Å²) in [6.07, 6.45) is 4.50. The van der Waals surface area contributed by atoms with Gasteiger partial charge in [0.15, 0.2) is 71.5 Å². The van der Waals surface area contributed by atoms with E-state index in [1.165, 1.54) is 12.7 Å². The molecule has 104 heavy (non-hydrogen) atoms. The molecule has 8 rings (SSSR count). The monoisotopic (exact) mass is 1520 g/mol. The molecule has 0 bridgehead atoms. The average molecular weight is 1520 g/mol. The summed E-state index contributed by atoms with van der Waals surface area (Å²) in [4.78, 5) is 52.4. The second-order valence-corrected chi connectivity index (χ2v) is 43.1. The third-order valence-corrected chi connectivity index (χ3v) is 32.9. The van der Waals surface area contributed by atoms with Gasteiger partial charge in [-0.05, 0) is 144 Å². The number of hydrogen-bond donors (Lipinski definition) is 3. The van der Waals surface area contributed by atoms with E-state index >= 15 is 0 Å². The Balaban J connectivity index is 0.000000432. The first kappa shape index (κ1) is 92.5. The van der Waals surface area contributed by atoms with Gasteiger partial charge in [0.25, 0.3) is 20.3 Å². The second kappa shape index (κ2) is 41.0. The lowest BCUT2D eigenvalue weighted by atomic mass is 10.0. The van der Waals surface area contributed by atoms with Crippen molar-refractivity contribution in [3.05, 3.63) is 97.1 Å². The van der Waals surface area contributed by atoms with Crippen molar-refractivity contribution in [3.63, 3.8) is 0 Å². The van der Waals surface area contributed by atoms with Crippen molar-refractivity contribution in [2.24, 2.45) is 11.8 Å². The largest absolute Gasteiger partial charge is 0.409 e. The summed E-state index contributed by atoms with van der Waals surface area (Å²) in [6.45, 7) is 53.4. The maximum Gasteiger partial charge on any atom is 0.259 e. The number of rotatable bonds is 29. The fourth-order valence-corrected chi connectivity index (χ4v) is 18.3. The van der Waals surface area contributed by atoms with Crippen molar-refractivity contribution >= 4 is 79.4 Å². The fraction of sp³-hybridized carbons (Fsp3) is 0.653. The highest BCUT2D eigenvalue weighted by Crippen LogP contribution is 2.52. The van der Waals surface area contributed by atoms with Crippen LogP contribution in [0, 0.1) is 34.5 Å². The molecule has 2 aliphatic rings. The van der Waals surface area contributed by atoms with E-state index in [9.17, 15) is 14.7 Å². The number of amides is 2. The summed E-state index contributed by atoms with van der Waals surface area (Å²) < 4.78 is 56.5. The Morgan fingerprint density at radius 3 is 1.26 bits per heavy atom. The molecule has 2 aromatic carbocycles. The molecule has 1 unspecified atom stereocenters. The molecule has 25 nitrogen and oxygen atoms in total. The number of benzene rings is 2. The molecule has 2 fully saturated rings. The number of aromatic nitrogens is 8. The van der Waals surface area contributed by atoms with E-state index in [0.717, 1.165) is 0 Å². The highest BCUT2D eigenvalue weighted by atomic mass is 31.2. The van der Waals surface area contributed by atoms with Gasteiger partial charge in [-0.3, -0.25) is 18.7 Å². The fourth-order valence-electron chi connectivity index (χ4n) is 11.6. The van der Waals surface area contributed by atoms with Crippen LogP contribution in [-0.2, 0) is 31.9 Å². The predicted molar refractivity (Wildman–Crippen MR) is 425 cm³/mol. The highest BCUT2D eigenvalue weighted by Gasteiger charge is 2.52. The number of aliphatic hydroxyl groups excluding tert-OH is 1. The number of carbonyl (C=O) groups is 2. The van der Waals surface area contributed by atoms with Crippen LogP contribution >= 0.6 is 17.0 Å². The number of nitriles is 2. The third kappa shape index (κ3) is 23.4. The molecule has 3 N–H and O–H groups in total. The van der Waals surface area contributed by atoms with E-state index in [-0.39, 0.29) is 112 Å². The Labute approximate surface area is 627 Å². The minimum Gasteiger partial charge on any atom is -0.409 e. The van der Waals surface area contributed by atoms with Gasteiger partial charge in [-0.2, -0.15) is 10.5 Å². The van der Waals surface area contributed by atoms with Crippen LogP contribution in [0.4, 0.5) is 11.6 Å². The predicted octanol–water partition coefficient (Wildman–Crippen LogP) is 17.6. The zero-order valence-electron chi connectivity index (χ0n) is 64.2. The molecule has 4 aromatic heterocycles. The van der Waals surface area contributed by atoms with Gasteiger partial charge in [-0.25, -0.2) is 43.9 Å². The van der Waals surface area contributed by atoms with Crippen LogP contribution in [0.2, 0.25) is 36.3 Å². The topological polar surface area (TPSA) is 288 Å². The maximum absolute atomic E-state index is 13.0. The molecule has 2 saturated heterocycles. The smallest absolute Gasteiger partial charge is 0.259 e. The number of carbonyl (C=O) groups excluding carboxylic acids is 2. The number of nitrogens with zero attached hydrogens (tertiary/aromatic N) is 13. The van der Waals surface area contributed by atoms with Crippen molar-refractivity contribution in [3.8, 4) is 12.1 Å². The van der Waals surface area contributed by atoms with Crippen LogP contribution in [0.25, 0.3) is 22.3 Å². The van der Waals surface area contributed by atoms with Gasteiger partial charge >= 0.3 is 0 Å². The van der Waals surface area contributed by atoms with Crippen molar-refractivity contribution < 1.29 is 46.6 Å². The highest BCUT2D eigenvalue weighted by molar-refractivity contribution is 7.47. The summed E-state index contributed by atoms with van der Waals surface area (Å²) in [5.74, 6) is 0.00372. The first-order valence-electron chi connectivity index (χ1n) is 35.4. The molecule has 6 heterocycles. The van der Waals surface area contributed by atoms with E-state index in [2.05, 4.69) is 224 Å². The van der Waals surface area contributed by atoms with Crippen LogP contribution in [0.5, 0.6) is 0 Å². The minimum absolute atomic E-state index is 0. The SMILES string of the molecule is C.C.C.CC(C)N(C(C)C)P(OCCC#N)N(C(C)C)C(C)C.CC(C)N(C(C)C)P(OCCC#N)OC[C@H]1O[C@@H](n2cnc3c(NC(=O)c4ccccc4)ncnc32)[C@H](O[Si](C)(C)C(C)(C)C)[C@@H]1C.C[C@H]1[C@@H](O[Si](C)(C)C(C)(C)C)[C@H](n2cnc3c(NC(=O)c4ccccc4)ncnc32)O[C@@H]1CO. The Morgan fingerprint density at radius 2 is 0.913 bits per heavy atom. The van der Waals surface area contributed by atoms with Crippen LogP contribution < -0.4 is 10.6 Å². The van der Waals surface area contributed by atoms with Gasteiger partial charge in [-0.15, -0.1) is 0 Å². The summed E-state index contributed by atoms with van der Waals surface area (Å²) in [5.41, 5.74) is 3.01. The van der Waals surface area contributed by atoms with Crippen LogP contribution in [-0.4, -0.2) is 174 Å². The molecule has 2 amide bonds. The second-order valence-electron chi connectivity index (χ2n) is 30.4. The van der Waals surface area contributed by atoms with Gasteiger partial charge in [0.1, 0.15) is 12.7 Å². The van der Waals surface area contributed by atoms with Crippen molar-refractivity contribution in [2.75, 3.05) is 37.1 Å². The number of aliphatic hydroxyl groups is 1. The zero-order valence-corrected chi connectivity index (χ0v) is 68.0. The first-order chi connectivity index (χ1) is 47.4. The minimum atomic E-state index is -2.25. The quantitative estimate of drug-likeness (QED) is 0.0223. The number of fused-ring (bicyclic) bond motifs is 2. The summed E-state index contributed by atoms with van der Waals surface area (Å²) in [6, 6.07) is 24.3. The number of imidazole rings is 2. The Morgan fingerprint density at radius 1 is 0.558 bits per heavy atom. The van der Waals surface area contributed by atoms with Gasteiger partial charge in [0.05, 0.1) is 88.5 Å². The van der Waals surface area contributed by atoms with E-state index in [0.29, 0.717) is 88.9 Å². The Kier molecular flexibility index (Phi) is 36.5. The summed E-state index contributed by atoms with van der Waals surface area (Å²) in [7, 11) is -6.66. The zero-order chi connectivity index (χ0) is 75.1. The standard InChI is InChI=1S/C33H50N7O5PSi.C24H33N5O4Si.C15H32N3OP.3CH4/c1-22(2)40(23(3)4)46(42-18-14-17-34)43-19-26-24(5)28(45-47(9,10)33(6,7)8)32(44-26)39-21-37-27-29(35-20-36-30(27)39)38-31(41)25-15-12-11-13-16-25;1-15-17(12-30)32-23(19(15)33-34(5,6)24(2,3)4)29-14-27-18-20(25-13-26-21(18)29)28-22(31)16-10-8-7-9-11-16;1-12(2)17(13(3)4)20(19-11-9-10-16)18(14(5)6)15(7)8;;;/h11-13,15-16,20-24,26,28,32H,14,18-19H2,1-10H3,(H,35,36,38,41);7-11,13-15,17,19,23,30H,12H2,1-6H3,(H,25,26,28,31);12-15H,9,11H2,1-8H3;3*1H4/t24-,26-,28-,32-,46?;15-,17-,19-,23-;;;;/m11..../s1. The van der Waals surface area contributed by atoms with E-state index in [1.54, 1.807) is 49.1 Å². The number of anilines is 2. The van der Waals surface area contributed by atoms with E-state index < -0.39 is 46.1 Å². The number of ether oxygens (including phenoxy) is 2. The molecule has 0 radical (unpaired) electrons. The molecule has 6 aromatic rings. The normalized spacial score (nSPS) is 19.6. The van der Waals surface area contributed by atoms with Gasteiger partial charge in [0, 0.05) is 59.2 Å². The third-order valence-electron chi connectivity index (χ3n) is 18.8. The van der Waals surface area contributed by atoms with Gasteiger partial charge < -0.3 is 47.6 Å². The molecule has 9 atom stereocenters.